The first kappa shape index (κ1) is 12.3. The number of hydrogen-bond donors (Lipinski definition) is 1. The first-order valence-electron chi connectivity index (χ1n) is 6.81. The fourth-order valence-corrected chi connectivity index (χ4v) is 2.63. The lowest BCUT2D eigenvalue weighted by molar-refractivity contribution is 0.404. The van der Waals surface area contributed by atoms with E-state index in [4.69, 9.17) is 0 Å². The number of nitrogens with one attached hydrogen (secondary N) is 1. The van der Waals surface area contributed by atoms with Gasteiger partial charge in [-0.1, -0.05) is 6.42 Å². The molecule has 100 valence electrons. The van der Waals surface area contributed by atoms with E-state index in [9.17, 15) is 0 Å². The highest BCUT2D eigenvalue weighted by Gasteiger charge is 2.18. The molecule has 5 heteroatoms. The van der Waals surface area contributed by atoms with Gasteiger partial charge in [-0.2, -0.15) is 5.10 Å². The zero-order chi connectivity index (χ0) is 13.2. The van der Waals surface area contributed by atoms with Crippen molar-refractivity contribution in [1.82, 2.24) is 25.1 Å². The van der Waals surface area contributed by atoms with E-state index in [1.165, 1.54) is 12.8 Å². The molecule has 5 nitrogen and oxygen atoms in total. The van der Waals surface area contributed by atoms with Crippen molar-refractivity contribution in [2.45, 2.75) is 32.2 Å². The second-order valence-corrected chi connectivity index (χ2v) is 5.07. The van der Waals surface area contributed by atoms with Crippen molar-refractivity contribution in [1.29, 1.82) is 0 Å². The fourth-order valence-electron chi connectivity index (χ4n) is 2.63. The third-order valence-electron chi connectivity index (χ3n) is 3.61. The Hall–Kier alpha value is -1.75. The molecule has 0 unspecified atom stereocenters. The summed E-state index contributed by atoms with van der Waals surface area (Å²) < 4.78 is 1.85. The summed E-state index contributed by atoms with van der Waals surface area (Å²) in [6, 6.07) is 4.44. The molecule has 1 aliphatic heterocycles. The summed E-state index contributed by atoms with van der Waals surface area (Å²) in [6.45, 7) is 3.03. The van der Waals surface area contributed by atoms with E-state index in [1.54, 1.807) is 6.20 Å². The zero-order valence-electron chi connectivity index (χ0n) is 11.4. The van der Waals surface area contributed by atoms with Gasteiger partial charge in [0.1, 0.15) is 5.82 Å². The van der Waals surface area contributed by atoms with Gasteiger partial charge in [0.25, 0.3) is 0 Å². The highest BCUT2D eigenvalue weighted by atomic mass is 15.3. The maximum atomic E-state index is 4.59. The zero-order valence-corrected chi connectivity index (χ0v) is 11.4. The van der Waals surface area contributed by atoms with Crippen LogP contribution in [0.3, 0.4) is 0 Å². The minimum atomic E-state index is 0.363. The molecule has 3 heterocycles. The average molecular weight is 257 g/mol. The SMILES string of the molecule is Cc1nc(-c2ccnn2C)cc([C@H]2CCCCN2)n1. The van der Waals surface area contributed by atoms with Gasteiger partial charge in [0.05, 0.1) is 17.1 Å². The molecule has 19 heavy (non-hydrogen) atoms. The molecule has 0 saturated carbocycles. The molecule has 0 amide bonds. The lowest BCUT2D eigenvalue weighted by atomic mass is 10.0. The molecular formula is C14H19N5. The summed E-state index contributed by atoms with van der Waals surface area (Å²) in [4.78, 5) is 9.13. The lowest BCUT2D eigenvalue weighted by Crippen LogP contribution is -2.27. The fraction of sp³-hybridized carbons (Fsp3) is 0.500. The van der Waals surface area contributed by atoms with Gasteiger partial charge < -0.3 is 5.32 Å². The molecule has 1 aliphatic rings. The molecule has 0 spiro atoms. The number of hydrogen-bond acceptors (Lipinski definition) is 4. The molecule has 0 bridgehead atoms. The van der Waals surface area contributed by atoms with Crippen molar-refractivity contribution in [3.05, 3.63) is 29.8 Å². The summed E-state index contributed by atoms with van der Waals surface area (Å²) in [6.07, 6.45) is 5.48. The molecule has 1 fully saturated rings. The second-order valence-electron chi connectivity index (χ2n) is 5.07. The third kappa shape index (κ3) is 2.51. The van der Waals surface area contributed by atoms with E-state index in [0.717, 1.165) is 35.9 Å². The van der Waals surface area contributed by atoms with Crippen LogP contribution in [0.4, 0.5) is 0 Å². The van der Waals surface area contributed by atoms with Crippen LogP contribution < -0.4 is 5.32 Å². The monoisotopic (exact) mass is 257 g/mol. The van der Waals surface area contributed by atoms with Crippen LogP contribution in [-0.2, 0) is 7.05 Å². The van der Waals surface area contributed by atoms with Gasteiger partial charge in [0.15, 0.2) is 0 Å². The molecule has 2 aromatic rings. The van der Waals surface area contributed by atoms with Crippen LogP contribution in [0.1, 0.15) is 36.8 Å². The van der Waals surface area contributed by atoms with Crippen molar-refractivity contribution < 1.29 is 0 Å². The predicted molar refractivity (Wildman–Crippen MR) is 73.6 cm³/mol. The molecule has 1 atom stereocenters. The van der Waals surface area contributed by atoms with Gasteiger partial charge in [0.2, 0.25) is 0 Å². The highest BCUT2D eigenvalue weighted by molar-refractivity contribution is 5.54. The highest BCUT2D eigenvalue weighted by Crippen LogP contribution is 2.24. The van der Waals surface area contributed by atoms with Crippen molar-refractivity contribution in [2.24, 2.45) is 7.05 Å². The minimum absolute atomic E-state index is 0.363. The van der Waals surface area contributed by atoms with E-state index in [2.05, 4.69) is 26.4 Å². The maximum absolute atomic E-state index is 4.59. The summed E-state index contributed by atoms with van der Waals surface area (Å²) >= 11 is 0. The van der Waals surface area contributed by atoms with E-state index in [1.807, 2.05) is 24.7 Å². The predicted octanol–water partition coefficient (Wildman–Crippen LogP) is 2.00. The van der Waals surface area contributed by atoms with Crippen molar-refractivity contribution in [2.75, 3.05) is 6.54 Å². The molecule has 2 aromatic heterocycles. The van der Waals surface area contributed by atoms with Gasteiger partial charge in [-0.25, -0.2) is 9.97 Å². The number of rotatable bonds is 2. The van der Waals surface area contributed by atoms with Crippen molar-refractivity contribution >= 4 is 0 Å². The lowest BCUT2D eigenvalue weighted by Gasteiger charge is -2.23. The van der Waals surface area contributed by atoms with Gasteiger partial charge >= 0.3 is 0 Å². The Balaban J connectivity index is 1.98. The molecule has 3 rings (SSSR count). The normalized spacial score (nSPS) is 19.6. The summed E-state index contributed by atoms with van der Waals surface area (Å²) in [5.74, 6) is 0.820. The van der Waals surface area contributed by atoms with E-state index in [0.29, 0.717) is 6.04 Å². The average Bonchev–Trinajstić information content (AvgIpc) is 2.85. The van der Waals surface area contributed by atoms with Gasteiger partial charge in [-0.05, 0) is 38.4 Å². The summed E-state index contributed by atoms with van der Waals surface area (Å²) in [5.41, 5.74) is 3.08. The Kier molecular flexibility index (Phi) is 3.29. The summed E-state index contributed by atoms with van der Waals surface area (Å²) in [5, 5.41) is 7.74. The quantitative estimate of drug-likeness (QED) is 0.894. The van der Waals surface area contributed by atoms with Crippen LogP contribution in [0.25, 0.3) is 11.4 Å². The molecular weight excluding hydrogens is 238 g/mol. The Morgan fingerprint density at radius 2 is 2.21 bits per heavy atom. The maximum Gasteiger partial charge on any atom is 0.126 e. The number of aromatic nitrogens is 4. The Bertz CT molecular complexity index is 569. The van der Waals surface area contributed by atoms with Crippen molar-refractivity contribution in [3.8, 4) is 11.4 Å². The smallest absolute Gasteiger partial charge is 0.126 e. The number of nitrogens with zero attached hydrogens (tertiary/aromatic N) is 4. The summed E-state index contributed by atoms with van der Waals surface area (Å²) in [7, 11) is 1.94. The van der Waals surface area contributed by atoms with Crippen LogP contribution in [0.2, 0.25) is 0 Å². The molecule has 1 saturated heterocycles. The standard InChI is InChI=1S/C14H19N5/c1-10-17-12(11-5-3-4-7-15-11)9-13(18-10)14-6-8-16-19(14)2/h6,8-9,11,15H,3-5,7H2,1-2H3/t11-/m1/s1. The van der Waals surface area contributed by atoms with Crippen LogP contribution in [0.15, 0.2) is 18.3 Å². The van der Waals surface area contributed by atoms with Crippen molar-refractivity contribution in [3.63, 3.8) is 0 Å². The molecule has 0 radical (unpaired) electrons. The largest absolute Gasteiger partial charge is 0.309 e. The molecule has 0 aliphatic carbocycles. The van der Waals surface area contributed by atoms with Gasteiger partial charge in [-0.3, -0.25) is 4.68 Å². The molecule has 1 N–H and O–H groups in total. The van der Waals surface area contributed by atoms with E-state index < -0.39 is 0 Å². The van der Waals surface area contributed by atoms with Crippen LogP contribution in [0.5, 0.6) is 0 Å². The van der Waals surface area contributed by atoms with E-state index in [-0.39, 0.29) is 0 Å². The molecule has 0 aromatic carbocycles. The first-order valence-corrected chi connectivity index (χ1v) is 6.81. The second kappa shape index (κ2) is 5.09. The van der Waals surface area contributed by atoms with E-state index >= 15 is 0 Å². The Morgan fingerprint density at radius 3 is 2.89 bits per heavy atom. The first-order chi connectivity index (χ1) is 9.24. The third-order valence-corrected chi connectivity index (χ3v) is 3.61. The van der Waals surface area contributed by atoms with Crippen LogP contribution in [0, 0.1) is 6.92 Å². The van der Waals surface area contributed by atoms with Crippen LogP contribution in [-0.4, -0.2) is 26.3 Å². The Labute approximate surface area is 113 Å². The Morgan fingerprint density at radius 1 is 1.32 bits per heavy atom. The number of aryl methyl sites for hydroxylation is 2. The minimum Gasteiger partial charge on any atom is -0.309 e. The van der Waals surface area contributed by atoms with Crippen LogP contribution >= 0.6 is 0 Å². The number of piperidine rings is 1. The topological polar surface area (TPSA) is 55.6 Å². The van der Waals surface area contributed by atoms with Gasteiger partial charge in [-0.15, -0.1) is 0 Å². The van der Waals surface area contributed by atoms with Gasteiger partial charge in [0, 0.05) is 19.3 Å².